The molecule has 17 heavy (non-hydrogen) atoms. The minimum Gasteiger partial charge on any atom is -0.466 e. The summed E-state index contributed by atoms with van der Waals surface area (Å²) in [4.78, 5) is 10.2. The van der Waals surface area contributed by atoms with Gasteiger partial charge in [0.15, 0.2) is 0 Å². The molecule has 0 unspecified atom stereocenters. The van der Waals surface area contributed by atoms with Crippen LogP contribution in [0.5, 0.6) is 0 Å². The quantitative estimate of drug-likeness (QED) is 0.630. The van der Waals surface area contributed by atoms with Gasteiger partial charge in [-0.15, -0.1) is 0 Å². The molecule has 0 fully saturated rings. The van der Waals surface area contributed by atoms with Crippen LogP contribution in [0.25, 0.3) is 0 Å². The van der Waals surface area contributed by atoms with Crippen molar-refractivity contribution in [2.24, 2.45) is 0 Å². The first-order chi connectivity index (χ1) is 7.48. The average molecular weight is 250 g/mol. The Hall–Kier alpha value is -0.650. The van der Waals surface area contributed by atoms with Crippen LogP contribution in [-0.2, 0) is 9.53 Å². The lowest BCUT2D eigenvalue weighted by Crippen LogP contribution is -2.21. The molecule has 0 spiro atoms. The summed E-state index contributed by atoms with van der Waals surface area (Å²) in [5, 5.41) is 26.2. The zero-order valence-electron chi connectivity index (χ0n) is 11.5. The van der Waals surface area contributed by atoms with Gasteiger partial charge in [-0.2, -0.15) is 0 Å². The number of aliphatic hydroxyl groups is 3. The van der Waals surface area contributed by atoms with E-state index in [4.69, 9.17) is 15.3 Å². The number of carbonyl (C=O) groups is 1. The first kappa shape index (κ1) is 18.7. The Bertz CT molecular complexity index is 200. The van der Waals surface area contributed by atoms with Gasteiger partial charge in [0.05, 0.1) is 17.8 Å². The molecule has 0 bridgehead atoms. The Labute approximate surface area is 103 Å². The van der Waals surface area contributed by atoms with Crippen molar-refractivity contribution in [3.8, 4) is 0 Å². The minimum atomic E-state index is -0.741. The first-order valence-corrected chi connectivity index (χ1v) is 5.67. The first-order valence-electron chi connectivity index (χ1n) is 5.67. The van der Waals surface area contributed by atoms with Crippen LogP contribution in [0.4, 0.5) is 0 Å². The van der Waals surface area contributed by atoms with Gasteiger partial charge in [-0.1, -0.05) is 0 Å². The standard InChI is InChI=1S/C7H14O3.C5H12O2/c1-6(8)10-5-4-7(2,3)9;1-5(2,7)3-4-6/h9H,4-5H2,1-3H3;6-7H,3-4H2,1-2H3. The molecule has 0 saturated heterocycles. The molecule has 0 aliphatic carbocycles. The number of esters is 1. The van der Waals surface area contributed by atoms with Gasteiger partial charge in [0, 0.05) is 20.0 Å². The van der Waals surface area contributed by atoms with Crippen LogP contribution in [0, 0.1) is 0 Å². The van der Waals surface area contributed by atoms with Gasteiger partial charge in [-0.3, -0.25) is 4.79 Å². The Morgan fingerprint density at radius 2 is 1.47 bits per heavy atom. The predicted octanol–water partition coefficient (Wildman–Crippen LogP) is 0.850. The Morgan fingerprint density at radius 1 is 1.06 bits per heavy atom. The van der Waals surface area contributed by atoms with E-state index in [2.05, 4.69) is 4.74 Å². The zero-order valence-corrected chi connectivity index (χ0v) is 11.5. The largest absolute Gasteiger partial charge is 0.466 e. The summed E-state index contributed by atoms with van der Waals surface area (Å²) in [6.07, 6.45) is 0.930. The molecular weight excluding hydrogens is 224 g/mol. The van der Waals surface area contributed by atoms with E-state index in [1.165, 1.54) is 6.92 Å². The smallest absolute Gasteiger partial charge is 0.302 e. The Balaban J connectivity index is 0. The van der Waals surface area contributed by atoms with Crippen molar-refractivity contribution in [3.05, 3.63) is 0 Å². The van der Waals surface area contributed by atoms with Crippen molar-refractivity contribution in [1.29, 1.82) is 0 Å². The van der Waals surface area contributed by atoms with Crippen LogP contribution in [0.3, 0.4) is 0 Å². The maximum absolute atomic E-state index is 10.2. The van der Waals surface area contributed by atoms with E-state index in [1.54, 1.807) is 27.7 Å². The maximum Gasteiger partial charge on any atom is 0.302 e. The van der Waals surface area contributed by atoms with Gasteiger partial charge >= 0.3 is 5.97 Å². The van der Waals surface area contributed by atoms with E-state index in [9.17, 15) is 4.79 Å². The fourth-order valence-corrected chi connectivity index (χ4v) is 0.718. The average Bonchev–Trinajstić information content (AvgIpc) is 1.98. The van der Waals surface area contributed by atoms with E-state index in [0.717, 1.165) is 0 Å². The van der Waals surface area contributed by atoms with Gasteiger partial charge in [0.25, 0.3) is 0 Å². The van der Waals surface area contributed by atoms with Crippen molar-refractivity contribution in [2.45, 2.75) is 58.7 Å². The minimum absolute atomic E-state index is 0.0590. The third-order valence-corrected chi connectivity index (χ3v) is 1.74. The van der Waals surface area contributed by atoms with Crippen LogP contribution in [0.15, 0.2) is 0 Å². The molecule has 0 amide bonds. The summed E-state index contributed by atoms with van der Waals surface area (Å²) in [6.45, 7) is 8.39. The molecule has 0 aromatic rings. The number of hydrogen-bond acceptors (Lipinski definition) is 5. The monoisotopic (exact) mass is 250 g/mol. The van der Waals surface area contributed by atoms with E-state index in [1.807, 2.05) is 0 Å². The summed E-state index contributed by atoms with van der Waals surface area (Å²) in [7, 11) is 0. The highest BCUT2D eigenvalue weighted by Gasteiger charge is 2.12. The molecule has 0 saturated carbocycles. The van der Waals surface area contributed by atoms with Crippen molar-refractivity contribution in [2.75, 3.05) is 13.2 Å². The summed E-state index contributed by atoms with van der Waals surface area (Å²) in [6, 6.07) is 0. The second-order valence-corrected chi connectivity index (χ2v) is 5.19. The lowest BCUT2D eigenvalue weighted by molar-refractivity contribution is -0.142. The molecule has 0 heterocycles. The molecule has 5 nitrogen and oxygen atoms in total. The Morgan fingerprint density at radius 3 is 1.65 bits per heavy atom. The molecule has 5 heteroatoms. The molecular formula is C12H26O5. The summed E-state index contributed by atoms with van der Waals surface area (Å²) >= 11 is 0. The second kappa shape index (κ2) is 8.44. The number of rotatable bonds is 5. The summed E-state index contributed by atoms with van der Waals surface area (Å²) in [5.41, 5.74) is -1.44. The van der Waals surface area contributed by atoms with Gasteiger partial charge < -0.3 is 20.1 Å². The van der Waals surface area contributed by atoms with E-state index >= 15 is 0 Å². The molecule has 0 rings (SSSR count). The van der Waals surface area contributed by atoms with E-state index < -0.39 is 11.2 Å². The van der Waals surface area contributed by atoms with Crippen LogP contribution in [-0.4, -0.2) is 45.7 Å². The third-order valence-electron chi connectivity index (χ3n) is 1.74. The van der Waals surface area contributed by atoms with Crippen LogP contribution in [0.2, 0.25) is 0 Å². The van der Waals surface area contributed by atoms with Crippen LogP contribution in [0.1, 0.15) is 47.5 Å². The number of hydrogen-bond donors (Lipinski definition) is 3. The zero-order chi connectivity index (χ0) is 14.1. The van der Waals surface area contributed by atoms with Gasteiger partial charge in [0.1, 0.15) is 0 Å². The molecule has 0 aromatic heterocycles. The second-order valence-electron chi connectivity index (χ2n) is 5.19. The van der Waals surface area contributed by atoms with Crippen molar-refractivity contribution in [1.82, 2.24) is 0 Å². The highest BCUT2D eigenvalue weighted by molar-refractivity contribution is 5.65. The topological polar surface area (TPSA) is 87.0 Å². The molecule has 3 N–H and O–H groups in total. The molecule has 0 aliphatic rings. The Kier molecular flexibility index (Phi) is 9.29. The normalized spacial score (nSPS) is 11.5. The summed E-state index contributed by atoms with van der Waals surface area (Å²) in [5.74, 6) is -0.302. The molecule has 104 valence electrons. The van der Waals surface area contributed by atoms with Crippen molar-refractivity contribution in [3.63, 3.8) is 0 Å². The van der Waals surface area contributed by atoms with Gasteiger partial charge in [-0.05, 0) is 34.1 Å². The van der Waals surface area contributed by atoms with E-state index in [-0.39, 0.29) is 12.6 Å². The van der Waals surface area contributed by atoms with Gasteiger partial charge in [-0.25, -0.2) is 0 Å². The van der Waals surface area contributed by atoms with Crippen LogP contribution >= 0.6 is 0 Å². The predicted molar refractivity (Wildman–Crippen MR) is 65.5 cm³/mol. The van der Waals surface area contributed by atoms with Gasteiger partial charge in [0.2, 0.25) is 0 Å². The maximum atomic E-state index is 10.2. The van der Waals surface area contributed by atoms with Crippen molar-refractivity contribution < 1.29 is 24.9 Å². The van der Waals surface area contributed by atoms with E-state index in [0.29, 0.717) is 19.4 Å². The fourth-order valence-electron chi connectivity index (χ4n) is 0.718. The van der Waals surface area contributed by atoms with Crippen LogP contribution < -0.4 is 0 Å². The summed E-state index contributed by atoms with van der Waals surface area (Å²) < 4.78 is 4.62. The molecule has 0 aromatic carbocycles. The molecule has 0 aliphatic heterocycles. The SMILES string of the molecule is CC(=O)OCCC(C)(C)O.CC(C)(O)CCO. The highest BCUT2D eigenvalue weighted by atomic mass is 16.5. The molecule has 0 atom stereocenters. The third kappa shape index (κ3) is 25.5. The number of carbonyl (C=O) groups excluding carboxylic acids is 1. The molecule has 0 radical (unpaired) electrons. The number of aliphatic hydroxyl groups excluding tert-OH is 1. The van der Waals surface area contributed by atoms with Crippen molar-refractivity contribution >= 4 is 5.97 Å². The lowest BCUT2D eigenvalue weighted by Gasteiger charge is -2.15. The highest BCUT2D eigenvalue weighted by Crippen LogP contribution is 2.06. The fraction of sp³-hybridized carbons (Fsp3) is 0.917. The lowest BCUT2D eigenvalue weighted by atomic mass is 10.1. The number of ether oxygens (including phenoxy) is 1.